The van der Waals surface area contributed by atoms with E-state index in [9.17, 15) is 4.79 Å². The van der Waals surface area contributed by atoms with Crippen LogP contribution in [0.3, 0.4) is 0 Å². The standard InChI is InChI=1S/C9H16O5/c1-9(2)13-6(4-8(11)12)3-7(5-10)14-9/h6-7,10H,3-5H2,1-2H3,(H,11,12)/t6?,7-/m0/s1. The van der Waals surface area contributed by atoms with Gasteiger partial charge in [-0.2, -0.15) is 0 Å². The van der Waals surface area contributed by atoms with Gasteiger partial charge >= 0.3 is 5.97 Å². The van der Waals surface area contributed by atoms with Crippen LogP contribution in [0.25, 0.3) is 0 Å². The average Bonchev–Trinajstić information content (AvgIpc) is 1.99. The second-order valence-electron chi connectivity index (χ2n) is 3.90. The van der Waals surface area contributed by atoms with Crippen LogP contribution in [-0.4, -0.2) is 40.8 Å². The average molecular weight is 204 g/mol. The Morgan fingerprint density at radius 3 is 2.50 bits per heavy atom. The van der Waals surface area contributed by atoms with E-state index in [4.69, 9.17) is 19.7 Å². The molecule has 0 aromatic rings. The van der Waals surface area contributed by atoms with Crippen molar-refractivity contribution >= 4 is 5.97 Å². The molecule has 0 bridgehead atoms. The molecule has 0 amide bonds. The molecule has 0 aromatic carbocycles. The van der Waals surface area contributed by atoms with E-state index < -0.39 is 11.8 Å². The van der Waals surface area contributed by atoms with E-state index in [0.717, 1.165) is 0 Å². The first-order valence-corrected chi connectivity index (χ1v) is 4.61. The van der Waals surface area contributed by atoms with E-state index in [2.05, 4.69) is 0 Å². The van der Waals surface area contributed by atoms with Gasteiger partial charge in [0.15, 0.2) is 5.79 Å². The van der Waals surface area contributed by atoms with Crippen LogP contribution in [0, 0.1) is 0 Å². The number of aliphatic carboxylic acids is 1. The third kappa shape index (κ3) is 3.25. The summed E-state index contributed by atoms with van der Waals surface area (Å²) < 4.78 is 10.8. The largest absolute Gasteiger partial charge is 0.481 e. The molecular weight excluding hydrogens is 188 g/mol. The van der Waals surface area contributed by atoms with Gasteiger partial charge in [-0.1, -0.05) is 0 Å². The third-order valence-electron chi connectivity index (χ3n) is 2.03. The van der Waals surface area contributed by atoms with E-state index >= 15 is 0 Å². The Hall–Kier alpha value is -0.650. The molecule has 1 unspecified atom stereocenters. The van der Waals surface area contributed by atoms with Crippen molar-refractivity contribution in [2.75, 3.05) is 6.61 Å². The number of aliphatic hydroxyl groups excluding tert-OH is 1. The van der Waals surface area contributed by atoms with Crippen LogP contribution in [0.15, 0.2) is 0 Å². The normalized spacial score (nSPS) is 31.4. The Morgan fingerprint density at radius 2 is 2.00 bits per heavy atom. The first kappa shape index (κ1) is 11.4. The highest BCUT2D eigenvalue weighted by molar-refractivity contribution is 5.67. The monoisotopic (exact) mass is 204 g/mol. The van der Waals surface area contributed by atoms with Gasteiger partial charge in [-0.05, 0) is 13.8 Å². The molecule has 0 saturated carbocycles. The minimum Gasteiger partial charge on any atom is -0.481 e. The summed E-state index contributed by atoms with van der Waals surface area (Å²) in [5.41, 5.74) is 0. The molecule has 0 radical (unpaired) electrons. The molecule has 2 atom stereocenters. The van der Waals surface area contributed by atoms with E-state index in [1.165, 1.54) is 0 Å². The Bertz CT molecular complexity index is 213. The number of hydrogen-bond acceptors (Lipinski definition) is 4. The number of rotatable bonds is 3. The van der Waals surface area contributed by atoms with Gasteiger partial charge in [-0.25, -0.2) is 0 Å². The fourth-order valence-corrected chi connectivity index (χ4v) is 1.65. The molecule has 82 valence electrons. The molecule has 0 spiro atoms. The molecule has 0 aromatic heterocycles. The topological polar surface area (TPSA) is 76.0 Å². The van der Waals surface area contributed by atoms with Crippen molar-refractivity contribution in [2.24, 2.45) is 0 Å². The van der Waals surface area contributed by atoms with Gasteiger partial charge in [0.1, 0.15) is 0 Å². The molecule has 2 N–H and O–H groups in total. The predicted octanol–water partition coefficient (Wildman–Crippen LogP) is 0.364. The van der Waals surface area contributed by atoms with Crippen LogP contribution in [0.1, 0.15) is 26.7 Å². The highest BCUT2D eigenvalue weighted by Gasteiger charge is 2.35. The lowest BCUT2D eigenvalue weighted by Crippen LogP contribution is -2.46. The maximum Gasteiger partial charge on any atom is 0.305 e. The van der Waals surface area contributed by atoms with Crippen molar-refractivity contribution in [3.8, 4) is 0 Å². The molecule has 1 aliphatic heterocycles. The smallest absolute Gasteiger partial charge is 0.305 e. The molecule has 14 heavy (non-hydrogen) atoms. The molecule has 1 rings (SSSR count). The van der Waals surface area contributed by atoms with Crippen molar-refractivity contribution in [1.29, 1.82) is 0 Å². The maximum absolute atomic E-state index is 10.5. The maximum atomic E-state index is 10.5. The number of ether oxygens (including phenoxy) is 2. The minimum absolute atomic E-state index is 0.0523. The second-order valence-corrected chi connectivity index (χ2v) is 3.90. The lowest BCUT2D eigenvalue weighted by Gasteiger charge is -2.39. The third-order valence-corrected chi connectivity index (χ3v) is 2.03. The van der Waals surface area contributed by atoms with Crippen molar-refractivity contribution in [1.82, 2.24) is 0 Å². The highest BCUT2D eigenvalue weighted by atomic mass is 16.7. The Kier molecular flexibility index (Phi) is 3.47. The lowest BCUT2D eigenvalue weighted by molar-refractivity contribution is -0.303. The van der Waals surface area contributed by atoms with Gasteiger partial charge in [0, 0.05) is 6.42 Å². The fraction of sp³-hybridized carbons (Fsp3) is 0.889. The predicted molar refractivity (Wildman–Crippen MR) is 47.8 cm³/mol. The second kappa shape index (κ2) is 4.25. The highest BCUT2D eigenvalue weighted by Crippen LogP contribution is 2.27. The first-order valence-electron chi connectivity index (χ1n) is 4.61. The summed E-state index contributed by atoms with van der Waals surface area (Å²) in [4.78, 5) is 10.5. The summed E-state index contributed by atoms with van der Waals surface area (Å²) in [6.07, 6.45) is -0.341. The molecule has 1 heterocycles. The van der Waals surface area contributed by atoms with E-state index in [1.807, 2.05) is 0 Å². The molecule has 1 fully saturated rings. The quantitative estimate of drug-likeness (QED) is 0.694. The van der Waals surface area contributed by atoms with Crippen LogP contribution < -0.4 is 0 Å². The molecule has 1 aliphatic rings. The zero-order valence-electron chi connectivity index (χ0n) is 8.40. The molecule has 5 nitrogen and oxygen atoms in total. The Labute approximate surface area is 82.6 Å². The number of hydrogen-bond donors (Lipinski definition) is 2. The van der Waals surface area contributed by atoms with Crippen LogP contribution in [-0.2, 0) is 14.3 Å². The van der Waals surface area contributed by atoms with E-state index in [0.29, 0.717) is 6.42 Å². The molecule has 0 aliphatic carbocycles. The number of carboxylic acid groups (broad SMARTS) is 1. The van der Waals surface area contributed by atoms with E-state index in [-0.39, 0.29) is 25.2 Å². The van der Waals surface area contributed by atoms with Gasteiger partial charge in [-0.15, -0.1) is 0 Å². The van der Waals surface area contributed by atoms with Crippen molar-refractivity contribution in [3.05, 3.63) is 0 Å². The molecule has 5 heteroatoms. The van der Waals surface area contributed by atoms with Crippen LogP contribution in [0.4, 0.5) is 0 Å². The SMILES string of the molecule is CC1(C)OC(CC(=O)O)C[C@@H](CO)O1. The fourth-order valence-electron chi connectivity index (χ4n) is 1.65. The van der Waals surface area contributed by atoms with Gasteiger partial charge < -0.3 is 19.7 Å². The van der Waals surface area contributed by atoms with Crippen molar-refractivity contribution in [2.45, 2.75) is 44.7 Å². The Morgan fingerprint density at radius 1 is 1.43 bits per heavy atom. The zero-order chi connectivity index (χ0) is 10.8. The minimum atomic E-state index is -0.899. The summed E-state index contributed by atoms with van der Waals surface area (Å²) >= 11 is 0. The molecule has 1 saturated heterocycles. The zero-order valence-corrected chi connectivity index (χ0v) is 8.40. The summed E-state index contributed by atoms with van der Waals surface area (Å²) in [5.74, 6) is -1.71. The summed E-state index contributed by atoms with van der Waals surface area (Å²) in [7, 11) is 0. The summed E-state index contributed by atoms with van der Waals surface area (Å²) in [5, 5.41) is 17.6. The summed E-state index contributed by atoms with van der Waals surface area (Å²) in [6, 6.07) is 0. The van der Waals surface area contributed by atoms with Crippen LogP contribution in [0.5, 0.6) is 0 Å². The van der Waals surface area contributed by atoms with Crippen LogP contribution >= 0.6 is 0 Å². The number of carboxylic acids is 1. The van der Waals surface area contributed by atoms with Crippen molar-refractivity contribution in [3.63, 3.8) is 0 Å². The van der Waals surface area contributed by atoms with Gasteiger partial charge in [0.2, 0.25) is 0 Å². The number of carbonyl (C=O) groups is 1. The van der Waals surface area contributed by atoms with Gasteiger partial charge in [0.05, 0.1) is 25.2 Å². The number of aliphatic hydroxyl groups is 1. The summed E-state index contributed by atoms with van der Waals surface area (Å²) in [6.45, 7) is 3.32. The Balaban J connectivity index is 2.56. The molecular formula is C9H16O5. The van der Waals surface area contributed by atoms with Gasteiger partial charge in [0.25, 0.3) is 0 Å². The van der Waals surface area contributed by atoms with E-state index in [1.54, 1.807) is 13.8 Å². The van der Waals surface area contributed by atoms with Gasteiger partial charge in [-0.3, -0.25) is 4.79 Å². The van der Waals surface area contributed by atoms with Crippen molar-refractivity contribution < 1.29 is 24.5 Å². The first-order chi connectivity index (χ1) is 6.43. The van der Waals surface area contributed by atoms with Crippen LogP contribution in [0.2, 0.25) is 0 Å². The lowest BCUT2D eigenvalue weighted by atomic mass is 10.1.